The third-order valence-corrected chi connectivity index (χ3v) is 9.39. The minimum absolute atomic E-state index is 0.00982. The van der Waals surface area contributed by atoms with Crippen molar-refractivity contribution in [3.63, 3.8) is 0 Å². The maximum Gasteiger partial charge on any atom is 0.269 e. The van der Waals surface area contributed by atoms with E-state index in [2.05, 4.69) is 4.90 Å². The van der Waals surface area contributed by atoms with Gasteiger partial charge in [0, 0.05) is 62.0 Å². The van der Waals surface area contributed by atoms with Gasteiger partial charge in [-0.3, -0.25) is 14.9 Å². The summed E-state index contributed by atoms with van der Waals surface area (Å²) in [6.45, 7) is 4.89. The van der Waals surface area contributed by atoms with Gasteiger partial charge in [0.05, 0.1) is 10.8 Å². The molecule has 0 bridgehead atoms. The lowest BCUT2D eigenvalue weighted by Crippen LogP contribution is -2.53. The Morgan fingerprint density at radius 1 is 1.06 bits per heavy atom. The van der Waals surface area contributed by atoms with Gasteiger partial charge in [-0.25, -0.2) is 8.42 Å². The van der Waals surface area contributed by atoms with Crippen molar-refractivity contribution in [1.82, 2.24) is 9.21 Å². The minimum Gasteiger partial charge on any atom is -0.368 e. The van der Waals surface area contributed by atoms with E-state index in [0.29, 0.717) is 49.8 Å². The maximum atomic E-state index is 13.1. The van der Waals surface area contributed by atoms with Gasteiger partial charge in [0.25, 0.3) is 15.7 Å². The molecule has 4 rings (SSSR count). The standard InChI is InChI=1S/C21H26N4O5S2/c1-16-4-9-20(31-16)32(29,30)24-10-2-3-17(15-24)21(26)23-13-11-22(12-14-23)18-5-7-19(8-6-18)25(27)28/h4-9,17H,2-3,10-15H2,1H3. The van der Waals surface area contributed by atoms with Crippen LogP contribution >= 0.6 is 11.3 Å². The first-order valence-electron chi connectivity index (χ1n) is 10.6. The van der Waals surface area contributed by atoms with Crippen LogP contribution in [0.3, 0.4) is 0 Å². The van der Waals surface area contributed by atoms with Crippen molar-refractivity contribution in [2.75, 3.05) is 44.2 Å². The molecule has 3 heterocycles. The molecular formula is C21H26N4O5S2. The van der Waals surface area contributed by atoms with E-state index in [4.69, 9.17) is 0 Å². The fourth-order valence-electron chi connectivity index (χ4n) is 4.27. The average molecular weight is 479 g/mol. The Morgan fingerprint density at radius 2 is 1.75 bits per heavy atom. The second-order valence-corrected chi connectivity index (χ2v) is 11.6. The highest BCUT2D eigenvalue weighted by molar-refractivity contribution is 7.91. The second-order valence-electron chi connectivity index (χ2n) is 8.15. The summed E-state index contributed by atoms with van der Waals surface area (Å²) in [5.74, 6) is -0.318. The summed E-state index contributed by atoms with van der Waals surface area (Å²) in [7, 11) is -3.57. The highest BCUT2D eigenvalue weighted by Gasteiger charge is 2.36. The van der Waals surface area contributed by atoms with Crippen LogP contribution in [-0.2, 0) is 14.8 Å². The van der Waals surface area contributed by atoms with Crippen LogP contribution in [0.5, 0.6) is 0 Å². The summed E-state index contributed by atoms with van der Waals surface area (Å²) in [5, 5.41) is 10.8. The summed E-state index contributed by atoms with van der Waals surface area (Å²) in [6, 6.07) is 9.86. The summed E-state index contributed by atoms with van der Waals surface area (Å²) in [5.41, 5.74) is 0.945. The number of piperazine rings is 1. The van der Waals surface area contributed by atoms with Crippen LogP contribution in [0.25, 0.3) is 0 Å². The van der Waals surface area contributed by atoms with Crippen molar-refractivity contribution in [3.8, 4) is 0 Å². The van der Waals surface area contributed by atoms with E-state index in [1.807, 2.05) is 11.8 Å². The Hall–Kier alpha value is -2.50. The number of sulfonamides is 1. The molecule has 0 spiro atoms. The molecular weight excluding hydrogens is 452 g/mol. The topological polar surface area (TPSA) is 104 Å². The van der Waals surface area contributed by atoms with E-state index in [-0.39, 0.29) is 24.1 Å². The first kappa shape index (κ1) is 22.7. The number of amides is 1. The normalized spacial score (nSPS) is 20.3. The number of aryl methyl sites for hydroxylation is 1. The summed E-state index contributed by atoms with van der Waals surface area (Å²) in [6.07, 6.45) is 1.36. The Labute approximate surface area is 191 Å². The minimum atomic E-state index is -3.57. The van der Waals surface area contributed by atoms with Crippen molar-refractivity contribution in [3.05, 3.63) is 51.4 Å². The number of carbonyl (C=O) groups is 1. The number of nitro groups is 1. The van der Waals surface area contributed by atoms with Crippen LogP contribution in [0.4, 0.5) is 11.4 Å². The first-order valence-corrected chi connectivity index (χ1v) is 12.9. The molecule has 11 heteroatoms. The number of anilines is 1. The van der Waals surface area contributed by atoms with Crippen molar-refractivity contribution in [1.29, 1.82) is 0 Å². The quantitative estimate of drug-likeness (QED) is 0.483. The molecule has 1 amide bonds. The zero-order chi connectivity index (χ0) is 22.9. The molecule has 9 nitrogen and oxygen atoms in total. The van der Waals surface area contributed by atoms with Gasteiger partial charge in [-0.1, -0.05) is 0 Å². The van der Waals surface area contributed by atoms with Gasteiger partial charge in [0.2, 0.25) is 5.91 Å². The smallest absolute Gasteiger partial charge is 0.269 e. The van der Waals surface area contributed by atoms with Gasteiger partial charge in [-0.15, -0.1) is 11.3 Å². The molecule has 172 valence electrons. The van der Waals surface area contributed by atoms with Crippen LogP contribution in [0, 0.1) is 23.0 Å². The number of hydrogen-bond donors (Lipinski definition) is 0. The SMILES string of the molecule is Cc1ccc(S(=O)(=O)N2CCCC(C(=O)N3CCN(c4ccc([N+](=O)[O-])cc4)CC3)C2)s1. The van der Waals surface area contributed by atoms with Crippen LogP contribution in [-0.4, -0.2) is 67.7 Å². The van der Waals surface area contributed by atoms with Crippen molar-refractivity contribution < 1.29 is 18.1 Å². The Kier molecular flexibility index (Phi) is 6.50. The highest BCUT2D eigenvalue weighted by Crippen LogP contribution is 2.29. The Balaban J connectivity index is 1.36. The van der Waals surface area contributed by atoms with E-state index in [0.717, 1.165) is 10.6 Å². The number of non-ortho nitro benzene ring substituents is 1. The molecule has 2 saturated heterocycles. The molecule has 0 aliphatic carbocycles. The van der Waals surface area contributed by atoms with Crippen LogP contribution in [0.1, 0.15) is 17.7 Å². The van der Waals surface area contributed by atoms with Crippen LogP contribution < -0.4 is 4.90 Å². The number of nitro benzene ring substituents is 1. The van der Waals surface area contributed by atoms with Crippen molar-refractivity contribution in [2.45, 2.75) is 24.0 Å². The number of hydrogen-bond acceptors (Lipinski definition) is 7. The lowest BCUT2D eigenvalue weighted by Gasteiger charge is -2.39. The molecule has 1 unspecified atom stereocenters. The fourth-order valence-corrected chi connectivity index (χ4v) is 7.23. The molecule has 0 radical (unpaired) electrons. The number of nitrogens with zero attached hydrogens (tertiary/aromatic N) is 4. The molecule has 1 aromatic carbocycles. The predicted octanol–water partition coefficient (Wildman–Crippen LogP) is 2.71. The third-order valence-electron chi connectivity index (χ3n) is 6.06. The number of rotatable bonds is 5. The molecule has 2 aliphatic rings. The van der Waals surface area contributed by atoms with Crippen LogP contribution in [0.15, 0.2) is 40.6 Å². The molecule has 2 fully saturated rings. The number of thiophene rings is 1. The Bertz CT molecular complexity index is 1090. The van der Waals surface area contributed by atoms with Gasteiger partial charge < -0.3 is 9.80 Å². The fraction of sp³-hybridized carbons (Fsp3) is 0.476. The molecule has 1 aromatic heterocycles. The van der Waals surface area contributed by atoms with E-state index in [1.54, 1.807) is 24.3 Å². The van der Waals surface area contributed by atoms with Crippen LogP contribution in [0.2, 0.25) is 0 Å². The number of carbonyl (C=O) groups excluding carboxylic acids is 1. The Morgan fingerprint density at radius 3 is 2.34 bits per heavy atom. The monoisotopic (exact) mass is 478 g/mol. The van der Waals surface area contributed by atoms with Gasteiger partial charge in [-0.05, 0) is 44.0 Å². The zero-order valence-electron chi connectivity index (χ0n) is 17.8. The summed E-state index contributed by atoms with van der Waals surface area (Å²) >= 11 is 1.26. The first-order chi connectivity index (χ1) is 15.3. The zero-order valence-corrected chi connectivity index (χ0v) is 19.5. The number of benzene rings is 1. The van der Waals surface area contributed by atoms with Gasteiger partial charge in [-0.2, -0.15) is 4.31 Å². The molecule has 2 aromatic rings. The molecule has 0 N–H and O–H groups in total. The van der Waals surface area contributed by atoms with Crippen molar-refractivity contribution >= 4 is 38.6 Å². The summed E-state index contributed by atoms with van der Waals surface area (Å²) in [4.78, 5) is 28.4. The highest BCUT2D eigenvalue weighted by atomic mass is 32.2. The molecule has 2 aliphatic heterocycles. The predicted molar refractivity (Wildman–Crippen MR) is 122 cm³/mol. The molecule has 32 heavy (non-hydrogen) atoms. The van der Waals surface area contributed by atoms with Gasteiger partial charge in [0.1, 0.15) is 4.21 Å². The second kappa shape index (κ2) is 9.16. The van der Waals surface area contributed by atoms with E-state index in [1.165, 1.54) is 27.8 Å². The van der Waals surface area contributed by atoms with E-state index < -0.39 is 14.9 Å². The number of piperidine rings is 1. The van der Waals surface area contributed by atoms with Gasteiger partial charge >= 0.3 is 0 Å². The van der Waals surface area contributed by atoms with E-state index in [9.17, 15) is 23.3 Å². The van der Waals surface area contributed by atoms with E-state index >= 15 is 0 Å². The average Bonchev–Trinajstić information content (AvgIpc) is 3.26. The van der Waals surface area contributed by atoms with Crippen molar-refractivity contribution in [2.24, 2.45) is 5.92 Å². The lowest BCUT2D eigenvalue weighted by atomic mass is 9.97. The third kappa shape index (κ3) is 4.64. The molecule has 0 saturated carbocycles. The molecule has 1 atom stereocenters. The maximum absolute atomic E-state index is 13.1. The lowest BCUT2D eigenvalue weighted by molar-refractivity contribution is -0.384. The van der Waals surface area contributed by atoms with Gasteiger partial charge in [0.15, 0.2) is 0 Å². The largest absolute Gasteiger partial charge is 0.368 e. The summed E-state index contributed by atoms with van der Waals surface area (Å²) < 4.78 is 27.7.